The van der Waals surface area contributed by atoms with Gasteiger partial charge in [0.2, 0.25) is 0 Å². The predicted molar refractivity (Wildman–Crippen MR) is 229 cm³/mol. The Balaban J connectivity index is 1.48. The molecule has 1 aliphatic rings. The average molecular weight is 874 g/mol. The highest BCUT2D eigenvalue weighted by Gasteiger charge is 2.22. The Morgan fingerprint density at radius 3 is 1.39 bits per heavy atom. The fraction of sp³-hybridized carbons (Fsp3) is 0.0476. The molecule has 0 fully saturated rings. The molecule has 9 nitrogen and oxygen atoms in total. The van der Waals surface area contributed by atoms with Gasteiger partial charge in [-0.2, -0.15) is 5.26 Å². The molecule has 8 bridgehead atoms. The number of alkyl halides is 2. The highest BCUT2D eigenvalue weighted by atomic mass is 35.5. The van der Waals surface area contributed by atoms with Crippen LogP contribution in [0.3, 0.4) is 0 Å². The number of esters is 2. The van der Waals surface area contributed by atoms with E-state index in [4.69, 9.17) is 84.1 Å². The van der Waals surface area contributed by atoms with Crippen LogP contribution in [0.5, 0.6) is 11.5 Å². The van der Waals surface area contributed by atoms with Crippen molar-refractivity contribution in [3.63, 3.8) is 0 Å². The van der Waals surface area contributed by atoms with Gasteiger partial charge in [0.1, 0.15) is 23.3 Å². The molecular weight excluding hydrogens is 851 g/mol. The van der Waals surface area contributed by atoms with E-state index in [1.165, 1.54) is 24.3 Å². The summed E-state index contributed by atoms with van der Waals surface area (Å²) in [5.74, 6) is -1.73. The van der Waals surface area contributed by atoms with Crippen LogP contribution in [0.15, 0.2) is 84.9 Å². The minimum Gasteiger partial charge on any atom is -0.426 e. The van der Waals surface area contributed by atoms with Crippen molar-refractivity contribution in [1.29, 1.82) is 5.26 Å². The van der Waals surface area contributed by atoms with Crippen molar-refractivity contribution in [3.05, 3.63) is 122 Å². The van der Waals surface area contributed by atoms with Gasteiger partial charge in [0.25, 0.3) is 0 Å². The highest BCUT2D eigenvalue weighted by molar-refractivity contribution is 6.41. The van der Waals surface area contributed by atoms with Gasteiger partial charge in [0.15, 0.2) is 0 Å². The molecule has 0 unspecified atom stereocenters. The van der Waals surface area contributed by atoms with E-state index in [1.807, 2.05) is 60.7 Å². The van der Waals surface area contributed by atoms with Gasteiger partial charge in [-0.05, 0) is 66.2 Å². The number of carbonyl (C=O) groups is 2. The molecule has 3 N–H and O–H groups in total. The van der Waals surface area contributed by atoms with Gasteiger partial charge < -0.3 is 24.4 Å². The third kappa shape index (κ3) is 7.44. The number of rotatable bonds is 7. The number of aromatic amines is 3. The monoisotopic (exact) mass is 871 g/mol. The number of nitrogens with zero attached hydrogens (tertiary/aromatic N) is 2. The minimum absolute atomic E-state index is 0.136. The molecule has 15 heteroatoms. The maximum Gasteiger partial charge on any atom is 0.326 e. The fourth-order valence-electron chi connectivity index (χ4n) is 6.70. The molecule has 282 valence electrons. The van der Waals surface area contributed by atoms with E-state index in [2.05, 4.69) is 21.0 Å². The molecule has 0 aliphatic carbocycles. The van der Waals surface area contributed by atoms with Gasteiger partial charge in [-0.25, -0.2) is 4.98 Å². The van der Waals surface area contributed by atoms with Crippen molar-refractivity contribution in [3.8, 4) is 50.9 Å². The molecule has 4 aromatic heterocycles. The summed E-state index contributed by atoms with van der Waals surface area (Å²) in [6.07, 6.45) is 3.74. The number of nitrogens with one attached hydrogen (secondary N) is 3. The van der Waals surface area contributed by atoms with E-state index >= 15 is 0 Å². The Bertz CT molecular complexity index is 2950. The molecule has 8 rings (SSSR count). The minimum atomic E-state index is -0.659. The van der Waals surface area contributed by atoms with E-state index in [-0.39, 0.29) is 43.3 Å². The van der Waals surface area contributed by atoms with Crippen molar-refractivity contribution in [2.75, 3.05) is 11.8 Å². The molecule has 0 saturated heterocycles. The van der Waals surface area contributed by atoms with Crippen molar-refractivity contribution in [1.82, 2.24) is 19.9 Å². The van der Waals surface area contributed by atoms with E-state index in [0.717, 1.165) is 11.1 Å². The van der Waals surface area contributed by atoms with Crippen molar-refractivity contribution in [2.24, 2.45) is 0 Å². The normalized spacial score (nSPS) is 11.5. The van der Waals surface area contributed by atoms with Crippen LogP contribution >= 0.6 is 69.6 Å². The lowest BCUT2D eigenvalue weighted by Crippen LogP contribution is -2.08. The van der Waals surface area contributed by atoms with Gasteiger partial charge in [-0.3, -0.25) is 9.59 Å². The first-order chi connectivity index (χ1) is 27.5. The third-order valence-electron chi connectivity index (χ3n) is 9.09. The van der Waals surface area contributed by atoms with Crippen molar-refractivity contribution >= 4 is 127 Å². The average Bonchev–Trinajstić information content (AvgIpc) is 4.03. The Morgan fingerprint density at radius 1 is 0.544 bits per heavy atom. The molecule has 5 heterocycles. The Hall–Kier alpha value is -5.44. The second-order valence-electron chi connectivity index (χ2n) is 12.6. The fourth-order valence-corrected chi connectivity index (χ4v) is 8.13. The van der Waals surface area contributed by atoms with Gasteiger partial charge in [0, 0.05) is 74.1 Å². The summed E-state index contributed by atoms with van der Waals surface area (Å²) >= 11 is 39.1. The molecule has 3 aromatic carbocycles. The van der Waals surface area contributed by atoms with E-state index in [0.29, 0.717) is 72.4 Å². The predicted octanol–water partition coefficient (Wildman–Crippen LogP) is 12.5. The summed E-state index contributed by atoms with van der Waals surface area (Å²) in [6, 6.07) is 26.8. The maximum atomic E-state index is 12.0. The summed E-state index contributed by atoms with van der Waals surface area (Å²) < 4.78 is 10.6. The number of aromatic nitrogens is 4. The van der Waals surface area contributed by atoms with Crippen LogP contribution in [0.4, 0.5) is 0 Å². The van der Waals surface area contributed by atoms with E-state index < -0.39 is 11.9 Å². The standard InChI is InChI=1S/C42H23Cl6N5O4/c43-17-36(54)56-22-13-24(45)39(25(46)14-22)41-32-7-5-28(50-32)29-6-8-33(51-29)42(40-26(47)15-23(16-27(40)48)57-37(55)18-44)35-12-10-31(53-35)38(30-9-11-34(41)52-30)21-3-1-20(19-49)2-4-21/h1-16,50-52H,17-18H2. The summed E-state index contributed by atoms with van der Waals surface area (Å²) in [5.41, 5.74) is 9.26. The lowest BCUT2D eigenvalue weighted by molar-refractivity contribution is -0.132. The lowest BCUT2D eigenvalue weighted by atomic mass is 10.0. The second kappa shape index (κ2) is 15.8. The summed E-state index contributed by atoms with van der Waals surface area (Å²) in [6.45, 7) is 0. The van der Waals surface area contributed by atoms with E-state index in [9.17, 15) is 14.9 Å². The number of carbonyl (C=O) groups excluding carboxylic acids is 2. The van der Waals surface area contributed by atoms with Crippen molar-refractivity contribution in [2.45, 2.75) is 0 Å². The number of hydrogen-bond acceptors (Lipinski definition) is 6. The zero-order valence-corrected chi connectivity index (χ0v) is 33.5. The SMILES string of the molecule is N#Cc1ccc(-c2c3nc(c(-c4c(Cl)cc(OC(=O)CCl)cc4Cl)c4ccc([nH]4)c4ccc([nH]4)c(-c4c(Cl)cc(OC(=O)CCl)cc4Cl)c4ccc2[nH]4)C=C3)cc1. The topological polar surface area (TPSA) is 137 Å². The summed E-state index contributed by atoms with van der Waals surface area (Å²) in [5, 5.41) is 10.4. The van der Waals surface area contributed by atoms with Gasteiger partial charge >= 0.3 is 11.9 Å². The number of H-pyrrole nitrogens is 3. The molecule has 1 aliphatic heterocycles. The van der Waals surface area contributed by atoms with Crippen LogP contribution < -0.4 is 9.47 Å². The molecule has 0 atom stereocenters. The maximum absolute atomic E-state index is 12.0. The Morgan fingerprint density at radius 2 is 0.930 bits per heavy atom. The number of hydrogen-bond donors (Lipinski definition) is 3. The first-order valence-corrected chi connectivity index (χ1v) is 19.5. The second-order valence-corrected chi connectivity index (χ2v) is 14.8. The van der Waals surface area contributed by atoms with Crippen LogP contribution in [0, 0.1) is 11.3 Å². The number of nitriles is 1. The largest absolute Gasteiger partial charge is 0.426 e. The Kier molecular flexibility index (Phi) is 10.7. The van der Waals surface area contributed by atoms with Crippen LogP contribution in [0.1, 0.15) is 17.0 Å². The van der Waals surface area contributed by atoms with Crippen LogP contribution in [0.2, 0.25) is 20.1 Å². The van der Waals surface area contributed by atoms with Crippen LogP contribution in [0.25, 0.3) is 78.6 Å². The lowest BCUT2D eigenvalue weighted by Gasteiger charge is -2.11. The molecule has 0 radical (unpaired) electrons. The number of benzene rings is 3. The quantitative estimate of drug-likeness (QED) is 0.0828. The van der Waals surface area contributed by atoms with Crippen molar-refractivity contribution < 1.29 is 19.1 Å². The van der Waals surface area contributed by atoms with Crippen LogP contribution in [-0.2, 0) is 9.59 Å². The molecule has 57 heavy (non-hydrogen) atoms. The van der Waals surface area contributed by atoms with Crippen LogP contribution in [-0.4, -0.2) is 43.6 Å². The molecule has 0 amide bonds. The number of halogens is 6. The van der Waals surface area contributed by atoms with Gasteiger partial charge in [-0.15, -0.1) is 23.2 Å². The number of fused-ring (bicyclic) bond motifs is 9. The molecule has 0 spiro atoms. The smallest absolute Gasteiger partial charge is 0.326 e. The van der Waals surface area contributed by atoms with Gasteiger partial charge in [0.05, 0.1) is 54.1 Å². The summed E-state index contributed by atoms with van der Waals surface area (Å²) in [7, 11) is 0. The molecule has 0 saturated carbocycles. The Labute approximate surface area is 353 Å². The third-order valence-corrected chi connectivity index (χ3v) is 10.7. The molecule has 7 aromatic rings. The number of ether oxygens (including phenoxy) is 2. The van der Waals surface area contributed by atoms with Gasteiger partial charge in [-0.1, -0.05) is 58.5 Å². The first-order valence-electron chi connectivity index (χ1n) is 16.9. The molecular formula is C42H23Cl6N5O4. The summed E-state index contributed by atoms with van der Waals surface area (Å²) in [4.78, 5) is 39.8. The first kappa shape index (κ1) is 38.4. The highest BCUT2D eigenvalue weighted by Crippen LogP contribution is 2.45. The zero-order chi connectivity index (χ0) is 40.0. The zero-order valence-electron chi connectivity index (χ0n) is 28.9. The van der Waals surface area contributed by atoms with E-state index in [1.54, 1.807) is 12.1 Å².